The van der Waals surface area contributed by atoms with Crippen LogP contribution in [0.3, 0.4) is 0 Å². The van der Waals surface area contributed by atoms with Crippen molar-refractivity contribution in [1.82, 2.24) is 10.3 Å². The smallest absolute Gasteiger partial charge is 0.259 e. The van der Waals surface area contributed by atoms with Crippen LogP contribution in [0.2, 0.25) is 5.02 Å². The van der Waals surface area contributed by atoms with Crippen LogP contribution in [0.25, 0.3) is 0 Å². The summed E-state index contributed by atoms with van der Waals surface area (Å²) in [7, 11) is 0. The van der Waals surface area contributed by atoms with Gasteiger partial charge in [-0.15, -0.1) is 0 Å². The van der Waals surface area contributed by atoms with Crippen molar-refractivity contribution in [2.45, 2.75) is 37.8 Å². The molecule has 0 saturated heterocycles. The van der Waals surface area contributed by atoms with E-state index in [0.717, 1.165) is 6.07 Å². The number of carbonyl (C=O) groups is 2. The number of aromatic nitrogens is 1. The van der Waals surface area contributed by atoms with Crippen molar-refractivity contribution in [3.05, 3.63) is 52.8 Å². The first-order valence-electron chi connectivity index (χ1n) is 9.58. The molecule has 1 heterocycles. The minimum absolute atomic E-state index is 0.0519. The molecule has 2 amide bonds. The van der Waals surface area contributed by atoms with E-state index >= 15 is 0 Å². The molecular weight excluding hydrogens is 432 g/mol. The van der Waals surface area contributed by atoms with Crippen molar-refractivity contribution in [3.8, 4) is 11.5 Å². The average molecular weight is 452 g/mol. The second kappa shape index (κ2) is 7.64. The van der Waals surface area contributed by atoms with Crippen LogP contribution in [0, 0.1) is 24.1 Å². The van der Waals surface area contributed by atoms with Crippen molar-refractivity contribution in [2.75, 3.05) is 6.61 Å². The van der Waals surface area contributed by atoms with Gasteiger partial charge in [0.1, 0.15) is 17.3 Å². The largest absolute Gasteiger partial charge is 0.482 e. The SMILES string of the molecule is Cc1cc(OCC(=O)NC23CC(C(Oc4ccc(Cl)c(F)c4)C(N)=O)(C2)C3)cnc1F. The molecular formula is C21H20ClF2N3O4. The highest BCUT2D eigenvalue weighted by molar-refractivity contribution is 6.30. The van der Waals surface area contributed by atoms with E-state index in [1.165, 1.54) is 24.4 Å². The van der Waals surface area contributed by atoms with E-state index in [1.807, 2.05) is 0 Å². The Bertz CT molecular complexity index is 1050. The van der Waals surface area contributed by atoms with Gasteiger partial charge in [0.05, 0.1) is 11.2 Å². The van der Waals surface area contributed by atoms with Gasteiger partial charge < -0.3 is 20.5 Å². The van der Waals surface area contributed by atoms with Crippen molar-refractivity contribution in [3.63, 3.8) is 0 Å². The number of carbonyl (C=O) groups excluding carboxylic acids is 2. The number of aryl methyl sites for hydroxylation is 1. The summed E-state index contributed by atoms with van der Waals surface area (Å²) < 4.78 is 37.9. The summed E-state index contributed by atoms with van der Waals surface area (Å²) in [6.07, 6.45) is 1.78. The van der Waals surface area contributed by atoms with Gasteiger partial charge in [0.2, 0.25) is 5.95 Å². The lowest BCUT2D eigenvalue weighted by Crippen LogP contribution is -2.80. The van der Waals surface area contributed by atoms with Gasteiger partial charge >= 0.3 is 0 Å². The van der Waals surface area contributed by atoms with Crippen LogP contribution < -0.4 is 20.5 Å². The number of primary amides is 1. The number of ether oxygens (including phenoxy) is 2. The van der Waals surface area contributed by atoms with E-state index in [2.05, 4.69) is 10.3 Å². The van der Waals surface area contributed by atoms with Crippen molar-refractivity contribution < 1.29 is 27.8 Å². The van der Waals surface area contributed by atoms with Crippen LogP contribution in [0.1, 0.15) is 24.8 Å². The zero-order valence-electron chi connectivity index (χ0n) is 16.6. The highest BCUT2D eigenvalue weighted by atomic mass is 35.5. The van der Waals surface area contributed by atoms with E-state index in [0.29, 0.717) is 30.6 Å². The zero-order valence-corrected chi connectivity index (χ0v) is 17.3. The third-order valence-corrected chi connectivity index (χ3v) is 6.10. The lowest BCUT2D eigenvalue weighted by atomic mass is 9.37. The normalized spacial score (nSPS) is 24.4. The first-order chi connectivity index (χ1) is 14.6. The molecule has 10 heteroatoms. The summed E-state index contributed by atoms with van der Waals surface area (Å²) >= 11 is 5.67. The maximum Gasteiger partial charge on any atom is 0.259 e. The van der Waals surface area contributed by atoms with Gasteiger partial charge in [0.25, 0.3) is 11.8 Å². The van der Waals surface area contributed by atoms with Crippen LogP contribution in [0.4, 0.5) is 8.78 Å². The number of rotatable bonds is 8. The molecule has 1 aromatic heterocycles. The number of pyridine rings is 1. The van der Waals surface area contributed by atoms with Crippen LogP contribution in [-0.4, -0.2) is 35.0 Å². The molecule has 1 aromatic carbocycles. The van der Waals surface area contributed by atoms with Gasteiger partial charge in [0, 0.05) is 22.6 Å². The lowest BCUT2D eigenvalue weighted by molar-refractivity contribution is -0.208. The number of amides is 2. The molecule has 31 heavy (non-hydrogen) atoms. The minimum Gasteiger partial charge on any atom is -0.482 e. The molecule has 3 aliphatic carbocycles. The fourth-order valence-corrected chi connectivity index (χ4v) is 4.66. The number of nitrogens with two attached hydrogens (primary N) is 1. The summed E-state index contributed by atoms with van der Waals surface area (Å²) in [4.78, 5) is 27.8. The summed E-state index contributed by atoms with van der Waals surface area (Å²) in [5.41, 5.74) is 4.89. The average Bonchev–Trinajstić information content (AvgIpc) is 2.65. The number of benzene rings is 1. The van der Waals surface area contributed by atoms with Gasteiger partial charge in [-0.3, -0.25) is 9.59 Å². The van der Waals surface area contributed by atoms with Crippen LogP contribution >= 0.6 is 11.6 Å². The highest BCUT2D eigenvalue weighted by Gasteiger charge is 2.73. The lowest BCUT2D eigenvalue weighted by Gasteiger charge is -2.71. The van der Waals surface area contributed by atoms with Gasteiger partial charge in [-0.1, -0.05) is 11.6 Å². The van der Waals surface area contributed by atoms with Gasteiger partial charge in [0.15, 0.2) is 12.7 Å². The van der Waals surface area contributed by atoms with E-state index in [9.17, 15) is 18.4 Å². The maximum absolute atomic E-state index is 13.7. The van der Waals surface area contributed by atoms with E-state index < -0.39 is 34.7 Å². The Labute approximate surface area is 181 Å². The molecule has 1 unspecified atom stereocenters. The van der Waals surface area contributed by atoms with Gasteiger partial charge in [-0.2, -0.15) is 4.39 Å². The van der Waals surface area contributed by atoms with Gasteiger partial charge in [-0.05, 0) is 44.4 Å². The van der Waals surface area contributed by atoms with E-state index in [1.54, 1.807) is 6.92 Å². The van der Waals surface area contributed by atoms with Crippen molar-refractivity contribution >= 4 is 23.4 Å². The van der Waals surface area contributed by atoms with Crippen LogP contribution in [0.5, 0.6) is 11.5 Å². The molecule has 3 saturated carbocycles. The number of hydrogen-bond donors (Lipinski definition) is 2. The minimum atomic E-state index is -0.948. The standard InChI is InChI=1S/C21H20ClF2N3O4/c1-11-4-13(6-26-18(11)24)30-7-16(28)27-21-8-20(9-21,10-21)17(19(25)29)31-12-2-3-14(22)15(23)5-12/h2-6,17H,7-10H2,1H3,(H2,25,29)(H,27,28). The van der Waals surface area contributed by atoms with Crippen LogP contribution in [0.15, 0.2) is 30.5 Å². The second-order valence-corrected chi connectivity index (χ2v) is 8.67. The quantitative estimate of drug-likeness (QED) is 0.600. The number of hydrogen-bond acceptors (Lipinski definition) is 5. The summed E-state index contributed by atoms with van der Waals surface area (Å²) in [6, 6.07) is 5.37. The molecule has 3 fully saturated rings. The summed E-state index contributed by atoms with van der Waals surface area (Å²) in [5, 5.41) is 2.86. The van der Waals surface area contributed by atoms with Crippen molar-refractivity contribution in [1.29, 1.82) is 0 Å². The molecule has 5 rings (SSSR count). The van der Waals surface area contributed by atoms with Crippen molar-refractivity contribution in [2.24, 2.45) is 11.1 Å². The van der Waals surface area contributed by atoms with Gasteiger partial charge in [-0.25, -0.2) is 9.37 Å². The Morgan fingerprint density at radius 2 is 1.97 bits per heavy atom. The molecule has 0 radical (unpaired) electrons. The molecule has 2 aromatic rings. The molecule has 2 bridgehead atoms. The van der Waals surface area contributed by atoms with E-state index in [-0.39, 0.29) is 23.3 Å². The fourth-order valence-electron chi connectivity index (χ4n) is 4.54. The first-order valence-corrected chi connectivity index (χ1v) is 9.96. The van der Waals surface area contributed by atoms with E-state index in [4.69, 9.17) is 26.8 Å². The molecule has 7 nitrogen and oxygen atoms in total. The third kappa shape index (κ3) is 4.01. The molecule has 1 atom stereocenters. The molecule has 0 spiro atoms. The number of nitrogens with one attached hydrogen (secondary N) is 1. The molecule has 0 aliphatic heterocycles. The molecule has 3 aliphatic rings. The molecule has 164 valence electrons. The summed E-state index contributed by atoms with van der Waals surface area (Å²) in [5.74, 6) is -1.80. The highest BCUT2D eigenvalue weighted by Crippen LogP contribution is 2.69. The topological polar surface area (TPSA) is 104 Å². The Morgan fingerprint density at radius 1 is 1.26 bits per heavy atom. The van der Waals surface area contributed by atoms with Crippen LogP contribution in [-0.2, 0) is 9.59 Å². The first kappa shape index (κ1) is 21.3. The fraction of sp³-hybridized carbons (Fsp3) is 0.381. The predicted octanol–water partition coefficient (Wildman–Crippen LogP) is 2.67. The predicted molar refractivity (Wildman–Crippen MR) is 107 cm³/mol. The number of halogens is 3. The Balaban J connectivity index is 1.32. The monoisotopic (exact) mass is 451 g/mol. The Hall–Kier alpha value is -2.94. The molecule has 3 N–H and O–H groups in total. The summed E-state index contributed by atoms with van der Waals surface area (Å²) in [6.45, 7) is 1.30. The zero-order chi connectivity index (χ0) is 22.4. The third-order valence-electron chi connectivity index (χ3n) is 5.79. The Morgan fingerprint density at radius 3 is 2.58 bits per heavy atom. The Kier molecular flexibility index (Phi) is 5.25. The number of nitrogens with zero attached hydrogens (tertiary/aromatic N) is 1. The maximum atomic E-state index is 13.7. The second-order valence-electron chi connectivity index (χ2n) is 8.26.